The highest BCUT2D eigenvalue weighted by Crippen LogP contribution is 2.31. The maximum Gasteiger partial charge on any atom is 0.243 e. The molecule has 1 amide bonds. The number of piperidine rings is 1. The largest absolute Gasteiger partial charge is 0.492 e. The van der Waals surface area contributed by atoms with Crippen molar-refractivity contribution >= 4 is 27.5 Å². The van der Waals surface area contributed by atoms with Gasteiger partial charge in [-0.3, -0.25) is 4.79 Å². The summed E-state index contributed by atoms with van der Waals surface area (Å²) in [5, 5.41) is 0.263. The zero-order valence-corrected chi connectivity index (χ0v) is 19.2. The number of sulfonamides is 1. The number of hydrogen-bond acceptors (Lipinski definition) is 4. The van der Waals surface area contributed by atoms with Gasteiger partial charge in [0.05, 0.1) is 22.4 Å². The van der Waals surface area contributed by atoms with Crippen LogP contribution in [0.25, 0.3) is 0 Å². The van der Waals surface area contributed by atoms with E-state index in [4.69, 9.17) is 16.3 Å². The third-order valence-corrected chi connectivity index (χ3v) is 8.17. The van der Waals surface area contributed by atoms with Gasteiger partial charge in [-0.25, -0.2) is 8.42 Å². The highest BCUT2D eigenvalue weighted by atomic mass is 35.5. The molecule has 1 fully saturated rings. The molecule has 1 atom stereocenters. The number of amides is 1. The summed E-state index contributed by atoms with van der Waals surface area (Å²) in [5.74, 6) is 0.172. The lowest BCUT2D eigenvalue weighted by molar-refractivity contribution is -0.137. The Morgan fingerprint density at radius 2 is 1.94 bits per heavy atom. The molecule has 166 valence electrons. The van der Waals surface area contributed by atoms with Crippen LogP contribution in [0.2, 0.25) is 5.02 Å². The molecular formula is C23H27ClN2O4S. The molecule has 2 aliphatic rings. The second kappa shape index (κ2) is 9.18. The van der Waals surface area contributed by atoms with Crippen LogP contribution in [0, 0.1) is 5.92 Å². The minimum atomic E-state index is -3.74. The van der Waals surface area contributed by atoms with E-state index in [0.717, 1.165) is 6.42 Å². The Bertz CT molecular complexity index is 1070. The number of fused-ring (bicyclic) bond motifs is 1. The third-order valence-electron chi connectivity index (χ3n) is 6.02. The van der Waals surface area contributed by atoms with Crippen molar-refractivity contribution in [2.75, 3.05) is 26.2 Å². The molecule has 6 nitrogen and oxygen atoms in total. The van der Waals surface area contributed by atoms with Gasteiger partial charge in [0.15, 0.2) is 0 Å². The highest BCUT2D eigenvalue weighted by molar-refractivity contribution is 7.89. The van der Waals surface area contributed by atoms with E-state index in [1.54, 1.807) is 6.07 Å². The van der Waals surface area contributed by atoms with Crippen molar-refractivity contribution in [3.63, 3.8) is 0 Å². The number of rotatable bonds is 5. The summed E-state index contributed by atoms with van der Waals surface area (Å²) in [5.41, 5.74) is 2.46. The molecule has 0 spiro atoms. The Balaban J connectivity index is 1.48. The second-order valence-corrected chi connectivity index (χ2v) is 10.4. The number of nitrogens with zero attached hydrogens (tertiary/aromatic N) is 2. The minimum absolute atomic E-state index is 0.0409. The predicted octanol–water partition coefficient (Wildman–Crippen LogP) is 3.72. The molecule has 31 heavy (non-hydrogen) atoms. The van der Waals surface area contributed by atoms with E-state index in [9.17, 15) is 13.2 Å². The molecule has 0 saturated carbocycles. The Morgan fingerprint density at radius 3 is 2.68 bits per heavy atom. The Morgan fingerprint density at radius 1 is 1.16 bits per heavy atom. The van der Waals surface area contributed by atoms with Gasteiger partial charge in [-0.2, -0.15) is 4.31 Å². The molecule has 0 aromatic heterocycles. The van der Waals surface area contributed by atoms with Gasteiger partial charge in [-0.1, -0.05) is 35.9 Å². The van der Waals surface area contributed by atoms with Gasteiger partial charge in [-0.05, 0) is 55.5 Å². The van der Waals surface area contributed by atoms with Gasteiger partial charge >= 0.3 is 0 Å². The lowest BCUT2D eigenvalue weighted by Gasteiger charge is -2.36. The first-order valence-corrected chi connectivity index (χ1v) is 12.5. The number of hydrogen-bond donors (Lipinski definition) is 0. The van der Waals surface area contributed by atoms with Crippen LogP contribution in [0.15, 0.2) is 47.4 Å². The van der Waals surface area contributed by atoms with E-state index in [2.05, 4.69) is 12.1 Å². The van der Waals surface area contributed by atoms with E-state index < -0.39 is 10.0 Å². The first kappa shape index (κ1) is 22.1. The molecule has 8 heteroatoms. The maximum absolute atomic E-state index is 13.2. The van der Waals surface area contributed by atoms with E-state index >= 15 is 0 Å². The van der Waals surface area contributed by atoms with Crippen LogP contribution < -0.4 is 4.74 Å². The van der Waals surface area contributed by atoms with Gasteiger partial charge in [0, 0.05) is 26.2 Å². The quantitative estimate of drug-likeness (QED) is 0.679. The van der Waals surface area contributed by atoms with Crippen molar-refractivity contribution in [2.45, 2.75) is 37.6 Å². The lowest BCUT2D eigenvalue weighted by atomic mass is 9.95. The van der Waals surface area contributed by atoms with Gasteiger partial charge in [0.25, 0.3) is 0 Å². The minimum Gasteiger partial charge on any atom is -0.492 e. The van der Waals surface area contributed by atoms with Crippen LogP contribution in [-0.2, 0) is 27.8 Å². The summed E-state index contributed by atoms with van der Waals surface area (Å²) >= 11 is 6.21. The van der Waals surface area contributed by atoms with E-state index in [0.29, 0.717) is 44.8 Å². The SMILES string of the molecule is CCOc1ccc(S(=O)(=O)N2CCC[C@@H](C(=O)N3CCc4ccccc4C3)C2)cc1Cl. The van der Waals surface area contributed by atoms with Gasteiger partial charge < -0.3 is 9.64 Å². The molecule has 2 aliphatic heterocycles. The number of ether oxygens (including phenoxy) is 1. The molecule has 1 saturated heterocycles. The summed E-state index contributed by atoms with van der Waals surface area (Å²) in [6.07, 6.45) is 2.19. The topological polar surface area (TPSA) is 66.9 Å². The fourth-order valence-electron chi connectivity index (χ4n) is 4.37. The van der Waals surface area contributed by atoms with E-state index in [-0.39, 0.29) is 28.3 Å². The Kier molecular flexibility index (Phi) is 6.55. The Hall–Kier alpha value is -2.09. The average molecular weight is 463 g/mol. The molecule has 0 bridgehead atoms. The molecule has 2 heterocycles. The number of halogens is 1. The molecule has 0 aliphatic carbocycles. The molecule has 4 rings (SSSR count). The summed E-state index contributed by atoms with van der Waals surface area (Å²) in [7, 11) is -3.74. The molecule has 0 radical (unpaired) electrons. The normalized spacial score (nSPS) is 19.7. The van der Waals surface area contributed by atoms with Gasteiger partial charge in [0.1, 0.15) is 5.75 Å². The highest BCUT2D eigenvalue weighted by Gasteiger charge is 2.36. The monoisotopic (exact) mass is 462 g/mol. The third kappa shape index (κ3) is 4.59. The standard InChI is InChI=1S/C23H27ClN2O4S/c1-2-30-22-10-9-20(14-21(22)24)31(28,29)26-12-5-8-19(16-26)23(27)25-13-11-17-6-3-4-7-18(17)15-25/h3-4,6-7,9-10,14,19H,2,5,8,11-13,15-16H2,1H3/t19-/m1/s1. The van der Waals surface area contributed by atoms with Crippen LogP contribution >= 0.6 is 11.6 Å². The van der Waals surface area contributed by atoms with Crippen LogP contribution in [0.5, 0.6) is 5.75 Å². The summed E-state index contributed by atoms with van der Waals surface area (Å²) < 4.78 is 33.3. The summed E-state index contributed by atoms with van der Waals surface area (Å²) in [4.78, 5) is 15.2. The van der Waals surface area contributed by atoms with Crippen molar-refractivity contribution in [2.24, 2.45) is 5.92 Å². The van der Waals surface area contributed by atoms with Crippen LogP contribution in [-0.4, -0.2) is 49.8 Å². The zero-order valence-electron chi connectivity index (χ0n) is 17.6. The summed E-state index contributed by atoms with van der Waals surface area (Å²) in [6.45, 7) is 4.15. The fourth-order valence-corrected chi connectivity index (χ4v) is 6.22. The number of carbonyl (C=O) groups excluding carboxylic acids is 1. The van der Waals surface area contributed by atoms with Crippen LogP contribution in [0.1, 0.15) is 30.9 Å². The number of carbonyl (C=O) groups is 1. The first-order chi connectivity index (χ1) is 14.9. The van der Waals surface area contributed by atoms with Crippen molar-refractivity contribution in [1.29, 1.82) is 0 Å². The van der Waals surface area contributed by atoms with Gasteiger partial charge in [0.2, 0.25) is 15.9 Å². The average Bonchev–Trinajstić information content (AvgIpc) is 2.79. The predicted molar refractivity (Wildman–Crippen MR) is 120 cm³/mol. The molecule has 0 unspecified atom stereocenters. The fraction of sp³-hybridized carbons (Fsp3) is 0.435. The zero-order chi connectivity index (χ0) is 22.0. The van der Waals surface area contributed by atoms with E-state index in [1.165, 1.54) is 27.6 Å². The first-order valence-electron chi connectivity index (χ1n) is 10.7. The van der Waals surface area contributed by atoms with Crippen LogP contribution in [0.3, 0.4) is 0 Å². The smallest absolute Gasteiger partial charge is 0.243 e. The molecule has 0 N–H and O–H groups in total. The van der Waals surface area contributed by atoms with Crippen LogP contribution in [0.4, 0.5) is 0 Å². The molecule has 2 aromatic carbocycles. The summed E-state index contributed by atoms with van der Waals surface area (Å²) in [6, 6.07) is 12.7. The maximum atomic E-state index is 13.2. The van der Waals surface area contributed by atoms with Crippen molar-refractivity contribution < 1.29 is 17.9 Å². The Labute approximate surface area is 188 Å². The molecular weight excluding hydrogens is 436 g/mol. The molecule has 2 aromatic rings. The van der Waals surface area contributed by atoms with Crippen molar-refractivity contribution in [3.05, 3.63) is 58.6 Å². The second-order valence-electron chi connectivity index (χ2n) is 8.01. The van der Waals surface area contributed by atoms with E-state index in [1.807, 2.05) is 24.0 Å². The van der Waals surface area contributed by atoms with Gasteiger partial charge in [-0.15, -0.1) is 0 Å². The van der Waals surface area contributed by atoms with Crippen molar-refractivity contribution in [3.8, 4) is 5.75 Å². The van der Waals surface area contributed by atoms with Crippen molar-refractivity contribution in [1.82, 2.24) is 9.21 Å². The lowest BCUT2D eigenvalue weighted by Crippen LogP contribution is -2.47. The number of benzene rings is 2.